The summed E-state index contributed by atoms with van der Waals surface area (Å²) in [5, 5.41) is 2.38. The fraction of sp³-hybridized carbons (Fsp3) is 0.211. The van der Waals surface area contributed by atoms with Gasteiger partial charge in [0.15, 0.2) is 0 Å². The Bertz CT molecular complexity index is 897. The van der Waals surface area contributed by atoms with Crippen molar-refractivity contribution in [3.63, 3.8) is 0 Å². The summed E-state index contributed by atoms with van der Waals surface area (Å²) < 4.78 is 43.1. The molecule has 0 saturated carbocycles. The van der Waals surface area contributed by atoms with Crippen LogP contribution in [0.4, 0.5) is 13.2 Å². The average Bonchev–Trinajstić information content (AvgIpc) is 2.66. The monoisotopic (exact) mass is 394 g/mol. The predicted molar refractivity (Wildman–Crippen MR) is 93.4 cm³/mol. The van der Waals surface area contributed by atoms with Crippen molar-refractivity contribution in [3.8, 4) is 0 Å². The van der Waals surface area contributed by atoms with Gasteiger partial charge in [-0.05, 0) is 29.8 Å². The largest absolute Gasteiger partial charge is 0.465 e. The maximum absolute atomic E-state index is 12.8. The summed E-state index contributed by atoms with van der Waals surface area (Å²) >= 11 is 0. The highest BCUT2D eigenvalue weighted by atomic mass is 19.4. The number of halogens is 3. The molecule has 0 aliphatic carbocycles. The van der Waals surface area contributed by atoms with E-state index in [1.165, 1.54) is 43.5 Å². The molecule has 6 nitrogen and oxygen atoms in total. The highest BCUT2D eigenvalue weighted by Gasteiger charge is 2.30. The first-order valence-corrected chi connectivity index (χ1v) is 8.06. The van der Waals surface area contributed by atoms with Gasteiger partial charge in [-0.25, -0.2) is 4.79 Å². The third-order valence-corrected chi connectivity index (χ3v) is 3.89. The van der Waals surface area contributed by atoms with Crippen LogP contribution < -0.4 is 11.1 Å². The number of esters is 1. The van der Waals surface area contributed by atoms with E-state index in [1.807, 2.05) is 0 Å². The summed E-state index contributed by atoms with van der Waals surface area (Å²) in [4.78, 5) is 35.6. The zero-order chi connectivity index (χ0) is 20.9. The third kappa shape index (κ3) is 5.32. The molecular weight excluding hydrogens is 377 g/mol. The van der Waals surface area contributed by atoms with Crippen molar-refractivity contribution in [2.75, 3.05) is 7.11 Å². The lowest BCUT2D eigenvalue weighted by atomic mass is 10.0. The van der Waals surface area contributed by atoms with E-state index >= 15 is 0 Å². The lowest BCUT2D eigenvalue weighted by Crippen LogP contribution is -2.45. The highest BCUT2D eigenvalue weighted by molar-refractivity contribution is 5.99. The molecule has 2 aromatic rings. The van der Waals surface area contributed by atoms with Gasteiger partial charge in [0.1, 0.15) is 6.04 Å². The molecule has 0 spiro atoms. The molecule has 0 radical (unpaired) electrons. The number of carbonyl (C=O) groups excluding carboxylic acids is 3. The lowest BCUT2D eigenvalue weighted by Gasteiger charge is -2.17. The molecule has 3 N–H and O–H groups in total. The Morgan fingerprint density at radius 1 is 1.07 bits per heavy atom. The summed E-state index contributed by atoms with van der Waals surface area (Å²) in [6.07, 6.45) is -4.75. The van der Waals surface area contributed by atoms with Crippen LogP contribution in [0, 0.1) is 0 Å². The summed E-state index contributed by atoms with van der Waals surface area (Å²) in [6.45, 7) is 0. The number of methoxy groups -OCH3 is 1. The molecule has 0 aliphatic heterocycles. The first-order chi connectivity index (χ1) is 13.1. The van der Waals surface area contributed by atoms with Crippen molar-refractivity contribution in [2.45, 2.75) is 18.6 Å². The number of ether oxygens (including phenoxy) is 1. The Morgan fingerprint density at radius 3 is 2.32 bits per heavy atom. The highest BCUT2D eigenvalue weighted by Crippen LogP contribution is 2.29. The van der Waals surface area contributed by atoms with Gasteiger partial charge in [0, 0.05) is 12.0 Å². The van der Waals surface area contributed by atoms with Crippen LogP contribution in [0.2, 0.25) is 0 Å². The first-order valence-electron chi connectivity index (χ1n) is 8.06. The molecule has 2 rings (SSSR count). The second-order valence-electron chi connectivity index (χ2n) is 5.90. The number of nitrogens with two attached hydrogens (primary N) is 1. The zero-order valence-electron chi connectivity index (χ0n) is 14.7. The van der Waals surface area contributed by atoms with Gasteiger partial charge in [-0.15, -0.1) is 0 Å². The van der Waals surface area contributed by atoms with Gasteiger partial charge in [0.25, 0.3) is 5.91 Å². The van der Waals surface area contributed by atoms with E-state index in [2.05, 4.69) is 10.1 Å². The molecule has 0 saturated heterocycles. The van der Waals surface area contributed by atoms with Crippen molar-refractivity contribution in [1.29, 1.82) is 0 Å². The topological polar surface area (TPSA) is 98.5 Å². The molecule has 9 heteroatoms. The van der Waals surface area contributed by atoms with Crippen molar-refractivity contribution < 1.29 is 32.3 Å². The van der Waals surface area contributed by atoms with Crippen LogP contribution in [0.15, 0.2) is 48.5 Å². The van der Waals surface area contributed by atoms with Gasteiger partial charge in [0.2, 0.25) is 5.91 Å². The summed E-state index contributed by atoms with van der Waals surface area (Å²) in [6, 6.07) is 8.72. The Morgan fingerprint density at radius 2 is 1.71 bits per heavy atom. The molecule has 0 fully saturated rings. The van der Waals surface area contributed by atoms with E-state index in [1.54, 1.807) is 0 Å². The molecule has 0 unspecified atom stereocenters. The number of nitrogens with one attached hydrogen (secondary N) is 1. The number of amides is 2. The number of primary amides is 1. The molecule has 2 amide bonds. The number of carbonyl (C=O) groups is 3. The second-order valence-corrected chi connectivity index (χ2v) is 5.90. The SMILES string of the molecule is COC(=O)c1cccc(C(=O)N[C@H](Cc2cccc(C(F)(F)F)c2)C(N)=O)c1. The molecule has 2 aromatic carbocycles. The van der Waals surface area contributed by atoms with Gasteiger partial charge in [-0.2, -0.15) is 13.2 Å². The fourth-order valence-corrected chi connectivity index (χ4v) is 2.48. The first kappa shape index (κ1) is 20.9. The van der Waals surface area contributed by atoms with E-state index in [9.17, 15) is 27.6 Å². The molecule has 0 heterocycles. The van der Waals surface area contributed by atoms with Gasteiger partial charge < -0.3 is 15.8 Å². The Balaban J connectivity index is 2.19. The maximum Gasteiger partial charge on any atom is 0.416 e. The Kier molecular flexibility index (Phi) is 6.40. The molecule has 28 heavy (non-hydrogen) atoms. The predicted octanol–water partition coefficient (Wildman–Crippen LogP) is 2.32. The van der Waals surface area contributed by atoms with Crippen molar-refractivity contribution in [2.24, 2.45) is 5.73 Å². The van der Waals surface area contributed by atoms with Crippen molar-refractivity contribution >= 4 is 17.8 Å². The minimum absolute atomic E-state index is 0.0678. The zero-order valence-corrected chi connectivity index (χ0v) is 14.7. The normalized spacial score (nSPS) is 12.1. The van der Waals surface area contributed by atoms with Gasteiger partial charge in [-0.3, -0.25) is 9.59 Å². The Hall–Kier alpha value is -3.36. The summed E-state index contributed by atoms with van der Waals surface area (Å²) in [5.41, 5.74) is 4.79. The summed E-state index contributed by atoms with van der Waals surface area (Å²) in [7, 11) is 1.19. The van der Waals surface area contributed by atoms with Crippen LogP contribution in [0.25, 0.3) is 0 Å². The van der Waals surface area contributed by atoms with E-state index < -0.39 is 35.6 Å². The van der Waals surface area contributed by atoms with Gasteiger partial charge in [0.05, 0.1) is 18.2 Å². The van der Waals surface area contributed by atoms with Crippen LogP contribution >= 0.6 is 0 Å². The maximum atomic E-state index is 12.8. The quantitative estimate of drug-likeness (QED) is 0.735. The third-order valence-electron chi connectivity index (χ3n) is 3.89. The minimum Gasteiger partial charge on any atom is -0.465 e. The van der Waals surface area contributed by atoms with E-state index in [0.29, 0.717) is 0 Å². The smallest absolute Gasteiger partial charge is 0.416 e. The average molecular weight is 394 g/mol. The summed E-state index contributed by atoms with van der Waals surface area (Å²) in [5.74, 6) is -2.26. The van der Waals surface area contributed by atoms with Crippen molar-refractivity contribution in [3.05, 3.63) is 70.8 Å². The molecule has 0 aliphatic rings. The lowest BCUT2D eigenvalue weighted by molar-refractivity contribution is -0.137. The van der Waals surface area contributed by atoms with Crippen LogP contribution in [-0.2, 0) is 22.1 Å². The van der Waals surface area contributed by atoms with Crippen molar-refractivity contribution in [1.82, 2.24) is 5.32 Å². The fourth-order valence-electron chi connectivity index (χ4n) is 2.48. The Labute approximate surface area is 158 Å². The van der Waals surface area contributed by atoms with Gasteiger partial charge >= 0.3 is 12.1 Å². The van der Waals surface area contributed by atoms with Crippen LogP contribution in [-0.4, -0.2) is 30.9 Å². The molecule has 148 valence electrons. The van der Waals surface area contributed by atoms with Crippen LogP contribution in [0.5, 0.6) is 0 Å². The van der Waals surface area contributed by atoms with Crippen LogP contribution in [0.3, 0.4) is 0 Å². The standard InChI is InChI=1S/C19H17F3N2O4/c1-28-18(27)13-6-3-5-12(10-13)17(26)24-15(16(23)25)9-11-4-2-7-14(8-11)19(20,21)22/h2-8,10,15H,9H2,1H3,(H2,23,25)(H,24,26)/t15-/m1/s1. The van der Waals surface area contributed by atoms with Gasteiger partial charge in [-0.1, -0.05) is 24.3 Å². The molecule has 0 bridgehead atoms. The molecule has 0 aromatic heterocycles. The number of benzene rings is 2. The second kappa shape index (κ2) is 8.55. The van der Waals surface area contributed by atoms with Crippen LogP contribution in [0.1, 0.15) is 31.8 Å². The number of alkyl halides is 3. The molecule has 1 atom stereocenters. The minimum atomic E-state index is -4.53. The number of hydrogen-bond acceptors (Lipinski definition) is 4. The van der Waals surface area contributed by atoms with E-state index in [4.69, 9.17) is 5.73 Å². The molecular formula is C19H17F3N2O4. The van der Waals surface area contributed by atoms with E-state index in [0.717, 1.165) is 12.1 Å². The number of hydrogen-bond donors (Lipinski definition) is 2. The van der Waals surface area contributed by atoms with E-state index in [-0.39, 0.29) is 23.1 Å². The number of rotatable bonds is 6.